The highest BCUT2D eigenvalue weighted by Crippen LogP contribution is 2.22. The number of hydrogen-bond donors (Lipinski definition) is 2. The molecule has 1 aliphatic heterocycles. The molecule has 1 aromatic heterocycles. The Morgan fingerprint density at radius 1 is 1.36 bits per heavy atom. The van der Waals surface area contributed by atoms with Gasteiger partial charge >= 0.3 is 0 Å². The molecule has 6 nitrogen and oxygen atoms in total. The molecule has 2 amide bonds. The van der Waals surface area contributed by atoms with E-state index in [4.69, 9.17) is 5.73 Å². The molecular weight excluding hydrogens is 336 g/mol. The van der Waals surface area contributed by atoms with Gasteiger partial charge in [0.25, 0.3) is 0 Å². The van der Waals surface area contributed by atoms with Crippen LogP contribution >= 0.6 is 11.3 Å². The van der Waals surface area contributed by atoms with Crippen molar-refractivity contribution in [2.24, 2.45) is 11.7 Å². The summed E-state index contributed by atoms with van der Waals surface area (Å²) in [5.74, 6) is -0.253. The highest BCUT2D eigenvalue weighted by molar-refractivity contribution is 7.18. The van der Waals surface area contributed by atoms with Gasteiger partial charge in [0.15, 0.2) is 0 Å². The average Bonchev–Trinajstić information content (AvgIpc) is 2.97. The van der Waals surface area contributed by atoms with E-state index in [1.54, 1.807) is 11.3 Å². The van der Waals surface area contributed by atoms with E-state index in [0.717, 1.165) is 42.9 Å². The van der Waals surface area contributed by atoms with Crippen molar-refractivity contribution in [3.63, 3.8) is 0 Å². The van der Waals surface area contributed by atoms with Gasteiger partial charge in [-0.15, -0.1) is 11.3 Å². The van der Waals surface area contributed by atoms with E-state index in [-0.39, 0.29) is 23.8 Å². The van der Waals surface area contributed by atoms with Gasteiger partial charge in [0.1, 0.15) is 0 Å². The molecule has 0 spiro atoms. The minimum atomic E-state index is -0.228. The van der Waals surface area contributed by atoms with Crippen LogP contribution in [0.5, 0.6) is 0 Å². The third kappa shape index (κ3) is 4.76. The van der Waals surface area contributed by atoms with Crippen LogP contribution in [-0.2, 0) is 16.0 Å². The molecule has 1 aromatic carbocycles. The lowest BCUT2D eigenvalue weighted by atomic mass is 9.96. The lowest BCUT2D eigenvalue weighted by Crippen LogP contribution is -2.45. The van der Waals surface area contributed by atoms with E-state index in [0.29, 0.717) is 6.54 Å². The number of nitrogens with zero attached hydrogens (tertiary/aromatic N) is 2. The Bertz CT molecular complexity index is 719. The molecule has 2 heterocycles. The Balaban J connectivity index is 1.45. The van der Waals surface area contributed by atoms with Crippen LogP contribution in [0.2, 0.25) is 0 Å². The summed E-state index contributed by atoms with van der Waals surface area (Å²) in [7, 11) is 0. The fourth-order valence-corrected chi connectivity index (χ4v) is 4.32. The molecule has 1 aliphatic rings. The van der Waals surface area contributed by atoms with Gasteiger partial charge in [-0.05, 0) is 45.0 Å². The van der Waals surface area contributed by atoms with Gasteiger partial charge in [-0.1, -0.05) is 12.1 Å². The Kier molecular flexibility index (Phi) is 5.65. The molecule has 1 saturated heterocycles. The number of likely N-dealkylation sites (tertiary alicyclic amines) is 1. The first kappa shape index (κ1) is 17.8. The van der Waals surface area contributed by atoms with Crippen molar-refractivity contribution in [3.05, 3.63) is 29.3 Å². The molecule has 2 aromatic rings. The smallest absolute Gasteiger partial charge is 0.234 e. The van der Waals surface area contributed by atoms with Crippen LogP contribution in [-0.4, -0.2) is 47.4 Å². The molecule has 25 heavy (non-hydrogen) atoms. The second-order valence-electron chi connectivity index (χ2n) is 6.70. The number of carbonyl (C=O) groups excluding carboxylic acids is 2. The number of aromatic nitrogens is 1. The minimum Gasteiger partial charge on any atom is -0.369 e. The van der Waals surface area contributed by atoms with Crippen molar-refractivity contribution in [3.8, 4) is 0 Å². The maximum absolute atomic E-state index is 12.2. The van der Waals surface area contributed by atoms with Crippen LogP contribution < -0.4 is 11.1 Å². The van der Waals surface area contributed by atoms with Crippen molar-refractivity contribution >= 4 is 33.4 Å². The van der Waals surface area contributed by atoms with Gasteiger partial charge in [0.2, 0.25) is 11.8 Å². The number of nitrogens with two attached hydrogens (primary N) is 1. The Labute approximate surface area is 151 Å². The minimum absolute atomic E-state index is 0.0196. The topological polar surface area (TPSA) is 88.3 Å². The van der Waals surface area contributed by atoms with E-state index in [9.17, 15) is 9.59 Å². The van der Waals surface area contributed by atoms with Crippen molar-refractivity contribution in [1.29, 1.82) is 0 Å². The lowest BCUT2D eigenvalue weighted by molar-refractivity contribution is -0.124. The predicted octanol–water partition coefficient (Wildman–Crippen LogP) is 1.54. The summed E-state index contributed by atoms with van der Waals surface area (Å²) in [5, 5.41) is 4.09. The van der Waals surface area contributed by atoms with Crippen molar-refractivity contribution in [2.45, 2.75) is 32.2 Å². The normalized spacial score (nSPS) is 17.5. The summed E-state index contributed by atoms with van der Waals surface area (Å²) in [4.78, 5) is 30.1. The van der Waals surface area contributed by atoms with E-state index in [2.05, 4.69) is 21.3 Å². The number of nitrogens with one attached hydrogen (secondary N) is 1. The predicted molar refractivity (Wildman–Crippen MR) is 99.3 cm³/mol. The first-order chi connectivity index (χ1) is 12.0. The van der Waals surface area contributed by atoms with Crippen molar-refractivity contribution < 1.29 is 9.59 Å². The fraction of sp³-hybridized carbons (Fsp3) is 0.500. The molecule has 3 N–H and O–H groups in total. The number of thiazole rings is 1. The van der Waals surface area contributed by atoms with Crippen LogP contribution in [0.15, 0.2) is 24.3 Å². The molecule has 0 radical (unpaired) electrons. The summed E-state index contributed by atoms with van der Waals surface area (Å²) in [6.07, 6.45) is 2.21. The molecular formula is C18H24N4O2S. The molecule has 7 heteroatoms. The Hall–Kier alpha value is -1.99. The molecule has 0 aliphatic carbocycles. The summed E-state index contributed by atoms with van der Waals surface area (Å²) >= 11 is 1.67. The van der Waals surface area contributed by atoms with Gasteiger partial charge in [-0.3, -0.25) is 14.5 Å². The number of benzene rings is 1. The van der Waals surface area contributed by atoms with Gasteiger partial charge in [0.05, 0.1) is 21.8 Å². The van der Waals surface area contributed by atoms with Gasteiger partial charge in [0, 0.05) is 18.4 Å². The van der Waals surface area contributed by atoms with Gasteiger partial charge in [-0.2, -0.15) is 0 Å². The van der Waals surface area contributed by atoms with Gasteiger partial charge < -0.3 is 11.1 Å². The summed E-state index contributed by atoms with van der Waals surface area (Å²) in [6, 6.07) is 8.11. The van der Waals surface area contributed by atoms with E-state index >= 15 is 0 Å². The zero-order valence-corrected chi connectivity index (χ0v) is 15.2. The van der Waals surface area contributed by atoms with Crippen LogP contribution in [0.25, 0.3) is 10.2 Å². The molecule has 1 unspecified atom stereocenters. The maximum atomic E-state index is 12.2. The number of amides is 2. The number of hydrogen-bond acceptors (Lipinski definition) is 5. The van der Waals surface area contributed by atoms with Crippen molar-refractivity contribution in [2.75, 3.05) is 19.6 Å². The molecule has 1 atom stereocenters. The Morgan fingerprint density at radius 3 is 2.76 bits per heavy atom. The monoisotopic (exact) mass is 360 g/mol. The van der Waals surface area contributed by atoms with E-state index in [1.807, 2.05) is 25.1 Å². The fourth-order valence-electron chi connectivity index (χ4n) is 3.22. The Morgan fingerprint density at radius 2 is 2.08 bits per heavy atom. The zero-order chi connectivity index (χ0) is 17.8. The highest BCUT2D eigenvalue weighted by Gasteiger charge is 2.24. The number of para-hydroxylation sites is 1. The number of piperidine rings is 1. The average molecular weight is 360 g/mol. The quantitative estimate of drug-likeness (QED) is 0.818. The number of primary amides is 1. The summed E-state index contributed by atoms with van der Waals surface area (Å²) in [6.45, 7) is 3.86. The second-order valence-corrected chi connectivity index (χ2v) is 7.82. The highest BCUT2D eigenvalue weighted by atomic mass is 32.1. The van der Waals surface area contributed by atoms with Crippen LogP contribution in [0.4, 0.5) is 0 Å². The zero-order valence-electron chi connectivity index (χ0n) is 14.4. The van der Waals surface area contributed by atoms with E-state index in [1.165, 1.54) is 4.70 Å². The van der Waals surface area contributed by atoms with Gasteiger partial charge in [-0.25, -0.2) is 4.98 Å². The number of carbonyl (C=O) groups is 2. The third-order valence-corrected chi connectivity index (χ3v) is 5.64. The molecule has 3 rings (SSSR count). The number of fused-ring (bicyclic) bond motifs is 1. The van der Waals surface area contributed by atoms with Crippen LogP contribution in [0.3, 0.4) is 0 Å². The molecule has 134 valence electrons. The first-order valence-electron chi connectivity index (χ1n) is 8.66. The van der Waals surface area contributed by atoms with Crippen molar-refractivity contribution in [1.82, 2.24) is 15.2 Å². The van der Waals surface area contributed by atoms with Crippen LogP contribution in [0, 0.1) is 5.92 Å². The largest absolute Gasteiger partial charge is 0.369 e. The maximum Gasteiger partial charge on any atom is 0.234 e. The standard InChI is InChI=1S/C18H24N4O2S/c1-12(10-17-21-14-4-2-3-5-15(14)25-17)20-16(23)11-22-8-6-13(7-9-22)18(19)24/h2-5,12-13H,6-11H2,1H3,(H2,19,24)(H,20,23). The van der Waals surface area contributed by atoms with Crippen LogP contribution in [0.1, 0.15) is 24.8 Å². The molecule has 0 bridgehead atoms. The summed E-state index contributed by atoms with van der Waals surface area (Å²) in [5.41, 5.74) is 6.35. The molecule has 1 fully saturated rings. The number of rotatable bonds is 6. The SMILES string of the molecule is CC(Cc1nc2ccccc2s1)NC(=O)CN1CCC(C(N)=O)CC1. The summed E-state index contributed by atoms with van der Waals surface area (Å²) < 4.78 is 1.17. The lowest BCUT2D eigenvalue weighted by Gasteiger charge is -2.30. The van der Waals surface area contributed by atoms with E-state index < -0.39 is 0 Å². The second kappa shape index (κ2) is 7.93. The molecule has 0 saturated carbocycles. The third-order valence-electron chi connectivity index (χ3n) is 4.58. The first-order valence-corrected chi connectivity index (χ1v) is 9.48.